The number of aliphatic hydroxyl groups is 1. The Kier molecular flexibility index (Phi) is 1.46. The zero-order chi connectivity index (χ0) is 7.14. The van der Waals surface area contributed by atoms with Gasteiger partial charge in [0.1, 0.15) is 0 Å². The van der Waals surface area contributed by atoms with Crippen molar-refractivity contribution in [2.45, 2.75) is 32.0 Å². The summed E-state index contributed by atoms with van der Waals surface area (Å²) in [6.45, 7) is 2.53. The molecule has 0 aromatic rings. The molecule has 0 saturated carbocycles. The van der Waals surface area contributed by atoms with Crippen molar-refractivity contribution >= 4 is 0 Å². The maximum atomic E-state index is 8.93. The lowest BCUT2D eigenvalue weighted by atomic mass is 9.83. The quantitative estimate of drug-likeness (QED) is 0.586. The smallest absolute Gasteiger partial charge is 0.0656 e. The highest BCUT2D eigenvalue weighted by atomic mass is 16.5. The third kappa shape index (κ3) is 0.789. The van der Waals surface area contributed by atoms with Gasteiger partial charge in [-0.05, 0) is 18.8 Å². The molecule has 4 atom stereocenters. The van der Waals surface area contributed by atoms with Crippen molar-refractivity contribution in [1.82, 2.24) is 0 Å². The summed E-state index contributed by atoms with van der Waals surface area (Å²) in [5, 5.41) is 8.93. The summed E-state index contributed by atoms with van der Waals surface area (Å²) in [7, 11) is 0. The molecule has 0 aromatic heterocycles. The van der Waals surface area contributed by atoms with Crippen LogP contribution in [0.5, 0.6) is 0 Å². The van der Waals surface area contributed by atoms with Gasteiger partial charge in [0.25, 0.3) is 0 Å². The zero-order valence-corrected chi connectivity index (χ0v) is 6.29. The van der Waals surface area contributed by atoms with E-state index in [0.717, 1.165) is 6.42 Å². The fourth-order valence-electron chi connectivity index (χ4n) is 2.34. The first-order valence-corrected chi connectivity index (χ1v) is 4.07. The van der Waals surface area contributed by atoms with E-state index in [9.17, 15) is 0 Å². The second-order valence-corrected chi connectivity index (χ2v) is 3.61. The van der Waals surface area contributed by atoms with Crippen molar-refractivity contribution in [1.29, 1.82) is 0 Å². The first-order chi connectivity index (χ1) is 4.81. The Morgan fingerprint density at radius 1 is 1.50 bits per heavy atom. The molecule has 10 heavy (non-hydrogen) atoms. The molecule has 58 valence electrons. The van der Waals surface area contributed by atoms with Crippen LogP contribution in [0.15, 0.2) is 0 Å². The molecule has 0 amide bonds. The molecule has 2 saturated heterocycles. The van der Waals surface area contributed by atoms with Crippen LogP contribution >= 0.6 is 0 Å². The monoisotopic (exact) mass is 142 g/mol. The molecule has 4 unspecified atom stereocenters. The van der Waals surface area contributed by atoms with Crippen LogP contribution in [0.1, 0.15) is 19.8 Å². The van der Waals surface area contributed by atoms with Gasteiger partial charge in [-0.2, -0.15) is 0 Å². The lowest BCUT2D eigenvalue weighted by molar-refractivity contribution is 0.0640. The van der Waals surface area contributed by atoms with Crippen molar-refractivity contribution in [3.8, 4) is 0 Å². The second kappa shape index (κ2) is 2.21. The summed E-state index contributed by atoms with van der Waals surface area (Å²) in [5.41, 5.74) is 0. The number of hydrogen-bond acceptors (Lipinski definition) is 2. The van der Waals surface area contributed by atoms with Crippen LogP contribution in [-0.2, 0) is 4.74 Å². The fourth-order valence-corrected chi connectivity index (χ4v) is 2.34. The van der Waals surface area contributed by atoms with Crippen molar-refractivity contribution in [3.63, 3.8) is 0 Å². The molecular formula is C8H14O2. The van der Waals surface area contributed by atoms with E-state index >= 15 is 0 Å². The van der Waals surface area contributed by atoms with E-state index in [0.29, 0.717) is 30.7 Å². The highest BCUT2D eigenvalue weighted by molar-refractivity contribution is 4.92. The van der Waals surface area contributed by atoms with Crippen LogP contribution < -0.4 is 0 Å². The van der Waals surface area contributed by atoms with Crippen molar-refractivity contribution in [2.75, 3.05) is 6.61 Å². The topological polar surface area (TPSA) is 29.5 Å². The molecule has 1 N–H and O–H groups in total. The van der Waals surface area contributed by atoms with Crippen molar-refractivity contribution in [2.24, 2.45) is 11.8 Å². The third-order valence-electron chi connectivity index (χ3n) is 2.81. The predicted octanol–water partition coefficient (Wildman–Crippen LogP) is 0.792. The van der Waals surface area contributed by atoms with Gasteiger partial charge in [0, 0.05) is 12.5 Å². The first kappa shape index (κ1) is 6.62. The number of ether oxygens (including phenoxy) is 1. The Hall–Kier alpha value is -0.0800. The Balaban J connectivity index is 2.06. The van der Waals surface area contributed by atoms with Crippen LogP contribution in [0.2, 0.25) is 0 Å². The molecule has 2 bridgehead atoms. The summed E-state index contributed by atoms with van der Waals surface area (Å²) in [5.74, 6) is 1.12. The average Bonchev–Trinajstić information content (AvgIpc) is 2.44. The Morgan fingerprint density at radius 3 is 2.70 bits per heavy atom. The highest BCUT2D eigenvalue weighted by Gasteiger charge is 2.44. The predicted molar refractivity (Wildman–Crippen MR) is 37.6 cm³/mol. The summed E-state index contributed by atoms with van der Waals surface area (Å²) in [6, 6.07) is 0. The Morgan fingerprint density at radius 2 is 2.30 bits per heavy atom. The summed E-state index contributed by atoms with van der Waals surface area (Å²) >= 11 is 0. The molecule has 2 heteroatoms. The second-order valence-electron chi connectivity index (χ2n) is 3.61. The van der Waals surface area contributed by atoms with Gasteiger partial charge in [-0.3, -0.25) is 0 Å². The van der Waals surface area contributed by atoms with E-state index in [1.165, 1.54) is 6.42 Å². The maximum Gasteiger partial charge on any atom is 0.0656 e. The molecule has 0 radical (unpaired) electrons. The Labute approximate surface area is 61.2 Å². The van der Waals surface area contributed by atoms with Gasteiger partial charge < -0.3 is 9.84 Å². The normalized spacial score (nSPS) is 52.2. The van der Waals surface area contributed by atoms with Crippen LogP contribution in [0.4, 0.5) is 0 Å². The summed E-state index contributed by atoms with van der Waals surface area (Å²) < 4.78 is 5.63. The molecule has 2 heterocycles. The molecule has 0 aliphatic carbocycles. The van der Waals surface area contributed by atoms with E-state index in [-0.39, 0.29) is 0 Å². The van der Waals surface area contributed by atoms with Crippen molar-refractivity contribution < 1.29 is 9.84 Å². The van der Waals surface area contributed by atoms with Gasteiger partial charge in [0.2, 0.25) is 0 Å². The molecule has 0 aromatic carbocycles. The lowest BCUT2D eigenvalue weighted by Gasteiger charge is -2.21. The van der Waals surface area contributed by atoms with Crippen LogP contribution in [0, 0.1) is 11.8 Å². The van der Waals surface area contributed by atoms with Crippen molar-refractivity contribution in [3.05, 3.63) is 0 Å². The minimum Gasteiger partial charge on any atom is -0.396 e. The minimum atomic E-state index is 0.311. The number of aliphatic hydroxyl groups excluding tert-OH is 1. The maximum absolute atomic E-state index is 8.93. The van der Waals surface area contributed by atoms with E-state index in [1.807, 2.05) is 0 Å². The van der Waals surface area contributed by atoms with Gasteiger partial charge in [-0.15, -0.1) is 0 Å². The fraction of sp³-hybridized carbons (Fsp3) is 1.00. The van der Waals surface area contributed by atoms with E-state index < -0.39 is 0 Å². The van der Waals surface area contributed by atoms with Gasteiger partial charge in [0.05, 0.1) is 12.2 Å². The molecule has 2 nitrogen and oxygen atoms in total. The summed E-state index contributed by atoms with van der Waals surface area (Å²) in [4.78, 5) is 0. The van der Waals surface area contributed by atoms with Crippen LogP contribution in [-0.4, -0.2) is 23.9 Å². The van der Waals surface area contributed by atoms with Gasteiger partial charge in [-0.25, -0.2) is 0 Å². The highest BCUT2D eigenvalue weighted by Crippen LogP contribution is 2.42. The average molecular weight is 142 g/mol. The molecule has 0 spiro atoms. The third-order valence-corrected chi connectivity index (χ3v) is 2.81. The minimum absolute atomic E-state index is 0.311. The molecule has 2 aliphatic heterocycles. The molecule has 2 fully saturated rings. The van der Waals surface area contributed by atoms with Crippen LogP contribution in [0.25, 0.3) is 0 Å². The lowest BCUT2D eigenvalue weighted by Crippen LogP contribution is -2.26. The zero-order valence-electron chi connectivity index (χ0n) is 6.29. The van der Waals surface area contributed by atoms with Gasteiger partial charge >= 0.3 is 0 Å². The van der Waals surface area contributed by atoms with E-state index in [2.05, 4.69) is 6.92 Å². The Bertz CT molecular complexity index is 133. The van der Waals surface area contributed by atoms with E-state index in [1.54, 1.807) is 0 Å². The van der Waals surface area contributed by atoms with Crippen LogP contribution in [0.3, 0.4) is 0 Å². The molecule has 2 rings (SSSR count). The van der Waals surface area contributed by atoms with Gasteiger partial charge in [0.15, 0.2) is 0 Å². The standard InChI is InChI=1S/C8H14O2/c1-5-2-7-3-6(4-9)8(5)10-7/h5-9H,2-4H2,1H3. The number of fused-ring (bicyclic) bond motifs is 2. The number of hydrogen-bond donors (Lipinski definition) is 1. The largest absolute Gasteiger partial charge is 0.396 e. The molecule has 2 aliphatic rings. The van der Waals surface area contributed by atoms with Gasteiger partial charge in [-0.1, -0.05) is 6.92 Å². The molecular weight excluding hydrogens is 128 g/mol. The van der Waals surface area contributed by atoms with E-state index in [4.69, 9.17) is 9.84 Å². The first-order valence-electron chi connectivity index (χ1n) is 4.07. The summed E-state index contributed by atoms with van der Waals surface area (Å²) in [6.07, 6.45) is 3.14. The SMILES string of the molecule is CC1CC2CC(CO)C1O2. The number of rotatable bonds is 1.